The molecule has 1 fully saturated rings. The molecule has 3 rings (SSSR count). The van der Waals surface area contributed by atoms with Crippen LogP contribution in [0.4, 0.5) is 0 Å². The monoisotopic (exact) mass is 285 g/mol. The molecule has 0 spiro atoms. The van der Waals surface area contributed by atoms with Gasteiger partial charge in [0.15, 0.2) is 0 Å². The van der Waals surface area contributed by atoms with Gasteiger partial charge in [-0.1, -0.05) is 18.2 Å². The van der Waals surface area contributed by atoms with Gasteiger partial charge in [-0.25, -0.2) is 0 Å². The lowest BCUT2D eigenvalue weighted by Gasteiger charge is -2.32. The van der Waals surface area contributed by atoms with Crippen LogP contribution >= 0.6 is 0 Å². The van der Waals surface area contributed by atoms with Crippen molar-refractivity contribution < 1.29 is 9.59 Å². The van der Waals surface area contributed by atoms with Crippen molar-refractivity contribution in [1.29, 1.82) is 0 Å². The van der Waals surface area contributed by atoms with Crippen molar-refractivity contribution in [3.8, 4) is 0 Å². The Bertz CT molecular complexity index is 669. The van der Waals surface area contributed by atoms with E-state index >= 15 is 0 Å². The number of para-hydroxylation sites is 1. The summed E-state index contributed by atoms with van der Waals surface area (Å²) in [6.07, 6.45) is 3.19. The summed E-state index contributed by atoms with van der Waals surface area (Å²) in [5.41, 5.74) is 3.33. The molecule has 1 aromatic heterocycles. The summed E-state index contributed by atoms with van der Waals surface area (Å²) in [5, 5.41) is 1.12. The van der Waals surface area contributed by atoms with Crippen molar-refractivity contribution >= 4 is 23.2 Å². The summed E-state index contributed by atoms with van der Waals surface area (Å²) in [7, 11) is 0. The molecule has 1 saturated heterocycles. The lowest BCUT2D eigenvalue weighted by molar-refractivity contribution is -0.134. The zero-order valence-electron chi connectivity index (χ0n) is 12.1. The summed E-state index contributed by atoms with van der Waals surface area (Å²) in [6.45, 7) is 4.56. The largest absolute Gasteiger partial charge is 0.361 e. The number of aryl methyl sites for hydroxylation is 1. The molecule has 1 aromatic carbocycles. The number of amides is 2. The third-order valence-corrected chi connectivity index (χ3v) is 4.17. The summed E-state index contributed by atoms with van der Waals surface area (Å²) in [5.74, 6) is 0.128. The lowest BCUT2D eigenvalue weighted by Crippen LogP contribution is -2.48. The maximum atomic E-state index is 12.4. The zero-order chi connectivity index (χ0) is 14.8. The molecule has 2 aromatic rings. The molecule has 1 N–H and O–H groups in total. The molecule has 0 radical (unpaired) electrons. The Balaban J connectivity index is 1.72. The maximum Gasteiger partial charge on any atom is 0.227 e. The number of hydrogen-bond donors (Lipinski definition) is 1. The number of nitrogens with zero attached hydrogens (tertiary/aromatic N) is 2. The Kier molecular flexibility index (Phi) is 3.64. The number of aromatic amines is 1. The fraction of sp³-hybridized carbons (Fsp3) is 0.375. The summed E-state index contributed by atoms with van der Waals surface area (Å²) >= 11 is 0. The number of carbonyl (C=O) groups excluding carboxylic acids is 2. The first-order chi connectivity index (χ1) is 10.2. The van der Waals surface area contributed by atoms with Crippen LogP contribution < -0.4 is 0 Å². The number of nitrogens with one attached hydrogen (secondary N) is 1. The van der Waals surface area contributed by atoms with Gasteiger partial charge < -0.3 is 14.8 Å². The smallest absolute Gasteiger partial charge is 0.227 e. The number of H-pyrrole nitrogens is 1. The quantitative estimate of drug-likeness (QED) is 0.865. The third-order valence-electron chi connectivity index (χ3n) is 4.17. The van der Waals surface area contributed by atoms with Gasteiger partial charge in [0.05, 0.1) is 6.42 Å². The van der Waals surface area contributed by atoms with Gasteiger partial charge in [0.25, 0.3) is 0 Å². The highest BCUT2D eigenvalue weighted by Gasteiger charge is 2.21. The molecule has 2 amide bonds. The zero-order valence-corrected chi connectivity index (χ0v) is 12.1. The van der Waals surface area contributed by atoms with Gasteiger partial charge in [0.2, 0.25) is 12.3 Å². The molecular weight excluding hydrogens is 266 g/mol. The van der Waals surface area contributed by atoms with Crippen LogP contribution in [0.1, 0.15) is 11.1 Å². The minimum atomic E-state index is 0.128. The number of carbonyl (C=O) groups is 2. The Morgan fingerprint density at radius 2 is 2.05 bits per heavy atom. The van der Waals surface area contributed by atoms with Crippen molar-refractivity contribution in [1.82, 2.24) is 14.8 Å². The highest BCUT2D eigenvalue weighted by Crippen LogP contribution is 2.22. The molecular formula is C16H19N3O2. The van der Waals surface area contributed by atoms with E-state index in [9.17, 15) is 9.59 Å². The van der Waals surface area contributed by atoms with E-state index in [1.807, 2.05) is 23.2 Å². The van der Waals surface area contributed by atoms with Gasteiger partial charge in [-0.15, -0.1) is 0 Å². The lowest BCUT2D eigenvalue weighted by atomic mass is 10.1. The van der Waals surface area contributed by atoms with E-state index in [4.69, 9.17) is 0 Å². The highest BCUT2D eigenvalue weighted by atomic mass is 16.2. The van der Waals surface area contributed by atoms with Crippen LogP contribution in [0.15, 0.2) is 24.4 Å². The molecule has 0 atom stereocenters. The van der Waals surface area contributed by atoms with Gasteiger partial charge in [0.1, 0.15) is 0 Å². The molecule has 1 aliphatic heterocycles. The number of benzene rings is 1. The Labute approximate surface area is 123 Å². The second-order valence-corrected chi connectivity index (χ2v) is 5.51. The average Bonchev–Trinajstić information content (AvgIpc) is 2.92. The normalized spacial score (nSPS) is 15.5. The van der Waals surface area contributed by atoms with Gasteiger partial charge in [-0.3, -0.25) is 9.59 Å². The predicted molar refractivity (Wildman–Crippen MR) is 81.0 cm³/mol. The molecule has 0 saturated carbocycles. The van der Waals surface area contributed by atoms with Crippen molar-refractivity contribution in [3.05, 3.63) is 35.5 Å². The standard InChI is InChI=1S/C16H19N3O2/c1-12-3-2-4-14-13(10-17-16(12)14)9-15(21)19-7-5-18(11-20)6-8-19/h2-4,10-11,17H,5-9H2,1H3. The van der Waals surface area contributed by atoms with E-state index in [2.05, 4.69) is 18.0 Å². The molecule has 110 valence electrons. The first-order valence-electron chi connectivity index (χ1n) is 7.22. The second kappa shape index (κ2) is 5.60. The fourth-order valence-electron chi connectivity index (χ4n) is 2.86. The minimum absolute atomic E-state index is 0.128. The van der Waals surface area contributed by atoms with Crippen LogP contribution in [-0.4, -0.2) is 53.3 Å². The van der Waals surface area contributed by atoms with Crippen molar-refractivity contribution in [2.24, 2.45) is 0 Å². The van der Waals surface area contributed by atoms with Crippen molar-refractivity contribution in [2.45, 2.75) is 13.3 Å². The van der Waals surface area contributed by atoms with Crippen LogP contribution in [0.2, 0.25) is 0 Å². The average molecular weight is 285 g/mol. The number of fused-ring (bicyclic) bond motifs is 1. The number of aromatic nitrogens is 1. The Morgan fingerprint density at radius 1 is 1.29 bits per heavy atom. The molecule has 1 aliphatic rings. The molecule has 21 heavy (non-hydrogen) atoms. The summed E-state index contributed by atoms with van der Waals surface area (Å²) in [4.78, 5) is 29.9. The molecule has 5 nitrogen and oxygen atoms in total. The maximum absolute atomic E-state index is 12.4. The predicted octanol–water partition coefficient (Wildman–Crippen LogP) is 1.32. The van der Waals surface area contributed by atoms with E-state index in [1.165, 1.54) is 5.56 Å². The molecule has 0 unspecified atom stereocenters. The van der Waals surface area contributed by atoms with Crippen LogP contribution in [0.5, 0.6) is 0 Å². The van der Waals surface area contributed by atoms with Crippen LogP contribution in [-0.2, 0) is 16.0 Å². The van der Waals surface area contributed by atoms with Gasteiger partial charge in [-0.2, -0.15) is 0 Å². The second-order valence-electron chi connectivity index (χ2n) is 5.51. The molecule has 0 aliphatic carbocycles. The third kappa shape index (κ3) is 2.63. The van der Waals surface area contributed by atoms with Gasteiger partial charge >= 0.3 is 0 Å². The highest BCUT2D eigenvalue weighted by molar-refractivity contribution is 5.90. The number of hydrogen-bond acceptors (Lipinski definition) is 2. The molecule has 0 bridgehead atoms. The number of piperazine rings is 1. The van der Waals surface area contributed by atoms with Crippen LogP contribution in [0.3, 0.4) is 0 Å². The Morgan fingerprint density at radius 3 is 2.76 bits per heavy atom. The summed E-state index contributed by atoms with van der Waals surface area (Å²) < 4.78 is 0. The van der Waals surface area contributed by atoms with Crippen LogP contribution in [0.25, 0.3) is 10.9 Å². The fourth-order valence-corrected chi connectivity index (χ4v) is 2.86. The van der Waals surface area contributed by atoms with Gasteiger partial charge in [0, 0.05) is 43.3 Å². The van der Waals surface area contributed by atoms with E-state index in [1.54, 1.807) is 4.90 Å². The van der Waals surface area contributed by atoms with E-state index in [0.29, 0.717) is 32.6 Å². The topological polar surface area (TPSA) is 56.4 Å². The minimum Gasteiger partial charge on any atom is -0.361 e. The van der Waals surface area contributed by atoms with Crippen LogP contribution in [0, 0.1) is 6.92 Å². The van der Waals surface area contributed by atoms with Crippen molar-refractivity contribution in [2.75, 3.05) is 26.2 Å². The first-order valence-corrected chi connectivity index (χ1v) is 7.22. The first kappa shape index (κ1) is 13.7. The summed E-state index contributed by atoms with van der Waals surface area (Å²) in [6, 6.07) is 6.12. The van der Waals surface area contributed by atoms with E-state index < -0.39 is 0 Å². The number of rotatable bonds is 3. The van der Waals surface area contributed by atoms with E-state index in [0.717, 1.165) is 22.9 Å². The van der Waals surface area contributed by atoms with Crippen molar-refractivity contribution in [3.63, 3.8) is 0 Å². The van der Waals surface area contributed by atoms with E-state index in [-0.39, 0.29) is 5.91 Å². The SMILES string of the molecule is Cc1cccc2c(CC(=O)N3CCN(C=O)CC3)c[nH]c12. The van der Waals surface area contributed by atoms with Gasteiger partial charge in [-0.05, 0) is 18.1 Å². The Hall–Kier alpha value is -2.30. The molecule has 2 heterocycles. The molecule has 5 heteroatoms.